The molecule has 1 heteroatoms. The van der Waals surface area contributed by atoms with Crippen molar-refractivity contribution in [1.82, 2.24) is 0 Å². The summed E-state index contributed by atoms with van der Waals surface area (Å²) in [4.78, 5) is 0. The second-order valence-electron chi connectivity index (χ2n) is 4.54. The van der Waals surface area contributed by atoms with Crippen LogP contribution < -0.4 is 5.73 Å². The summed E-state index contributed by atoms with van der Waals surface area (Å²) >= 11 is 0. The van der Waals surface area contributed by atoms with Gasteiger partial charge >= 0.3 is 0 Å². The maximum absolute atomic E-state index is 5.93. The van der Waals surface area contributed by atoms with Gasteiger partial charge in [0.05, 0.1) is 0 Å². The topological polar surface area (TPSA) is 26.0 Å². The Morgan fingerprint density at radius 3 is 2.67 bits per heavy atom. The minimum Gasteiger partial charge on any atom is -0.324 e. The van der Waals surface area contributed by atoms with Gasteiger partial charge in [-0.3, -0.25) is 0 Å². The first kappa shape index (κ1) is 10.4. The van der Waals surface area contributed by atoms with Crippen molar-refractivity contribution in [2.24, 2.45) is 5.73 Å². The van der Waals surface area contributed by atoms with E-state index in [-0.39, 0.29) is 0 Å². The molecule has 0 heterocycles. The maximum Gasteiger partial charge on any atom is 0.0226 e. The third-order valence-corrected chi connectivity index (χ3v) is 3.04. The van der Waals surface area contributed by atoms with E-state index in [4.69, 9.17) is 5.73 Å². The molecule has 2 N–H and O–H groups in total. The molecule has 1 aliphatic rings. The van der Waals surface area contributed by atoms with Crippen LogP contribution in [0, 0.1) is 6.92 Å². The second-order valence-corrected chi connectivity index (χ2v) is 4.54. The molecule has 0 amide bonds. The highest BCUT2D eigenvalue weighted by Gasteiger charge is 2.09. The van der Waals surface area contributed by atoms with Crippen molar-refractivity contribution in [3.8, 4) is 0 Å². The summed E-state index contributed by atoms with van der Waals surface area (Å²) < 4.78 is 0. The number of nitrogens with two attached hydrogens (primary N) is 1. The molecule has 80 valence electrons. The summed E-state index contributed by atoms with van der Waals surface area (Å²) in [5.41, 5.74) is 10.2. The minimum absolute atomic E-state index is 0.291. The first-order valence-corrected chi connectivity index (χ1v) is 5.75. The molecule has 0 bridgehead atoms. The number of benzene rings is 1. The Kier molecular flexibility index (Phi) is 3.22. The average molecular weight is 201 g/mol. The highest BCUT2D eigenvalue weighted by Crippen LogP contribution is 2.20. The third kappa shape index (κ3) is 2.93. The van der Waals surface area contributed by atoms with Gasteiger partial charge in [0, 0.05) is 6.04 Å². The van der Waals surface area contributed by atoms with E-state index in [1.165, 1.54) is 29.5 Å². The van der Waals surface area contributed by atoms with E-state index < -0.39 is 0 Å². The molecule has 1 aromatic carbocycles. The van der Waals surface area contributed by atoms with Crippen LogP contribution in [0.15, 0.2) is 35.9 Å². The highest BCUT2D eigenvalue weighted by atomic mass is 14.6. The van der Waals surface area contributed by atoms with Crippen LogP contribution in [-0.2, 0) is 6.42 Å². The fourth-order valence-corrected chi connectivity index (χ4v) is 2.15. The Morgan fingerprint density at radius 1 is 1.27 bits per heavy atom. The van der Waals surface area contributed by atoms with E-state index in [1.807, 2.05) is 0 Å². The molecule has 0 saturated heterocycles. The van der Waals surface area contributed by atoms with Gasteiger partial charge in [-0.1, -0.05) is 41.5 Å². The lowest BCUT2D eigenvalue weighted by atomic mass is 9.92. The maximum atomic E-state index is 5.93. The lowest BCUT2D eigenvalue weighted by Gasteiger charge is -2.17. The molecule has 0 spiro atoms. The first-order valence-electron chi connectivity index (χ1n) is 5.75. The zero-order valence-corrected chi connectivity index (χ0v) is 9.37. The summed E-state index contributed by atoms with van der Waals surface area (Å²) in [6.45, 7) is 2.12. The molecule has 1 atom stereocenters. The molecule has 1 aromatic rings. The van der Waals surface area contributed by atoms with E-state index >= 15 is 0 Å². The zero-order valence-electron chi connectivity index (χ0n) is 9.37. The van der Waals surface area contributed by atoms with Crippen molar-refractivity contribution >= 4 is 0 Å². The normalized spacial score (nSPS) is 21.2. The van der Waals surface area contributed by atoms with Gasteiger partial charge in [-0.05, 0) is 38.2 Å². The molecule has 0 aromatic heterocycles. The van der Waals surface area contributed by atoms with Crippen LogP contribution in [0.25, 0.3) is 0 Å². The molecule has 0 saturated carbocycles. The fraction of sp³-hybridized carbons (Fsp3) is 0.429. The Morgan fingerprint density at radius 2 is 2.00 bits per heavy atom. The summed E-state index contributed by atoms with van der Waals surface area (Å²) in [5, 5.41) is 0. The highest BCUT2D eigenvalue weighted by molar-refractivity contribution is 5.26. The quantitative estimate of drug-likeness (QED) is 0.731. The number of rotatable bonds is 2. The van der Waals surface area contributed by atoms with Crippen LogP contribution >= 0.6 is 0 Å². The number of allylic oxidation sites excluding steroid dienone is 1. The smallest absolute Gasteiger partial charge is 0.0226 e. The Labute approximate surface area is 92.0 Å². The van der Waals surface area contributed by atoms with Crippen molar-refractivity contribution < 1.29 is 0 Å². The van der Waals surface area contributed by atoms with Crippen molar-refractivity contribution in [3.05, 3.63) is 47.0 Å². The third-order valence-electron chi connectivity index (χ3n) is 3.04. The van der Waals surface area contributed by atoms with Crippen molar-refractivity contribution in [1.29, 1.82) is 0 Å². The van der Waals surface area contributed by atoms with Crippen LogP contribution in [0.5, 0.6) is 0 Å². The first-order chi connectivity index (χ1) is 7.24. The van der Waals surface area contributed by atoms with Crippen LogP contribution in [0.3, 0.4) is 0 Å². The molecule has 2 rings (SSSR count). The molecule has 0 aliphatic heterocycles. The number of aryl methyl sites for hydroxylation is 1. The van der Waals surface area contributed by atoms with Gasteiger partial charge < -0.3 is 5.73 Å². The molecular weight excluding hydrogens is 182 g/mol. The van der Waals surface area contributed by atoms with Crippen LogP contribution in [0.4, 0.5) is 0 Å². The summed E-state index contributed by atoms with van der Waals surface area (Å²) in [6, 6.07) is 9.09. The molecule has 0 radical (unpaired) electrons. The monoisotopic (exact) mass is 201 g/mol. The van der Waals surface area contributed by atoms with E-state index in [9.17, 15) is 0 Å². The van der Waals surface area contributed by atoms with Gasteiger partial charge in [0.2, 0.25) is 0 Å². The van der Waals surface area contributed by atoms with E-state index in [0.717, 1.165) is 12.8 Å². The lowest BCUT2D eigenvalue weighted by molar-refractivity contribution is 0.617. The van der Waals surface area contributed by atoms with Gasteiger partial charge in [0.25, 0.3) is 0 Å². The summed E-state index contributed by atoms with van der Waals surface area (Å²) in [5.74, 6) is 0. The fourth-order valence-electron chi connectivity index (χ4n) is 2.15. The van der Waals surface area contributed by atoms with Crippen molar-refractivity contribution in [3.63, 3.8) is 0 Å². The molecule has 1 unspecified atom stereocenters. The summed E-state index contributed by atoms with van der Waals surface area (Å²) in [6.07, 6.45) is 6.95. The van der Waals surface area contributed by atoms with Crippen LogP contribution in [0.2, 0.25) is 0 Å². The minimum atomic E-state index is 0.291. The number of hydrogen-bond donors (Lipinski definition) is 1. The zero-order chi connectivity index (χ0) is 10.7. The van der Waals surface area contributed by atoms with Crippen LogP contribution in [0.1, 0.15) is 30.4 Å². The molecular formula is C14H19N. The Bertz CT molecular complexity index is 348. The molecule has 1 aliphatic carbocycles. The van der Waals surface area contributed by atoms with Gasteiger partial charge in [-0.15, -0.1) is 0 Å². The average Bonchev–Trinajstić information content (AvgIpc) is 2.22. The van der Waals surface area contributed by atoms with Crippen molar-refractivity contribution in [2.75, 3.05) is 0 Å². The number of hydrogen-bond acceptors (Lipinski definition) is 1. The van der Waals surface area contributed by atoms with E-state index in [1.54, 1.807) is 0 Å². The van der Waals surface area contributed by atoms with E-state index in [0.29, 0.717) is 6.04 Å². The summed E-state index contributed by atoms with van der Waals surface area (Å²) in [7, 11) is 0. The second kappa shape index (κ2) is 4.63. The van der Waals surface area contributed by atoms with Gasteiger partial charge in [0.15, 0.2) is 0 Å². The molecule has 15 heavy (non-hydrogen) atoms. The molecule has 0 fully saturated rings. The Balaban J connectivity index is 2.05. The molecule has 1 nitrogen and oxygen atoms in total. The van der Waals surface area contributed by atoms with E-state index in [2.05, 4.69) is 37.3 Å². The predicted molar refractivity (Wildman–Crippen MR) is 64.8 cm³/mol. The van der Waals surface area contributed by atoms with Gasteiger partial charge in [0.1, 0.15) is 0 Å². The van der Waals surface area contributed by atoms with Gasteiger partial charge in [-0.25, -0.2) is 0 Å². The largest absolute Gasteiger partial charge is 0.324 e. The van der Waals surface area contributed by atoms with Crippen molar-refractivity contribution in [2.45, 2.75) is 38.6 Å². The predicted octanol–water partition coefficient (Wildman–Crippen LogP) is 2.98. The lowest BCUT2D eigenvalue weighted by Crippen LogP contribution is -2.20. The Hall–Kier alpha value is -1.08. The SMILES string of the molecule is Cc1ccc(CC2=CC(N)CCC2)cc1. The van der Waals surface area contributed by atoms with Crippen LogP contribution in [-0.4, -0.2) is 6.04 Å². The van der Waals surface area contributed by atoms with Gasteiger partial charge in [-0.2, -0.15) is 0 Å². The standard InChI is InChI=1S/C14H19N/c1-11-5-7-12(8-6-11)9-13-3-2-4-14(15)10-13/h5-8,10,14H,2-4,9,15H2,1H3.